The van der Waals surface area contributed by atoms with E-state index in [-0.39, 0.29) is 11.7 Å². The molecular weight excluding hydrogens is 390 g/mol. The fourth-order valence-corrected chi connectivity index (χ4v) is 4.10. The minimum absolute atomic E-state index is 0.250. The van der Waals surface area contributed by atoms with E-state index in [0.29, 0.717) is 13.1 Å². The molecule has 2 aliphatic heterocycles. The Morgan fingerprint density at radius 2 is 1.81 bits per heavy atom. The lowest BCUT2D eigenvalue weighted by Gasteiger charge is -2.47. The maximum Gasteiger partial charge on any atom is 0.410 e. The molecule has 164 valence electrons. The van der Waals surface area contributed by atoms with Crippen molar-refractivity contribution >= 4 is 11.9 Å². The van der Waals surface area contributed by atoms with Crippen LogP contribution in [0.1, 0.15) is 44.9 Å². The summed E-state index contributed by atoms with van der Waals surface area (Å²) >= 11 is 0. The summed E-state index contributed by atoms with van der Waals surface area (Å²) in [5.41, 5.74) is 1.24. The van der Waals surface area contributed by atoms with Crippen LogP contribution in [0, 0.1) is 0 Å². The lowest BCUT2D eigenvalue weighted by atomic mass is 9.89. The van der Waals surface area contributed by atoms with Crippen LogP contribution in [0.5, 0.6) is 0 Å². The molecule has 0 N–H and O–H groups in total. The number of carbonyl (C=O) groups excluding carboxylic acids is 1. The highest BCUT2D eigenvalue weighted by Gasteiger charge is 2.43. The molecule has 6 heteroatoms. The molecular formula is C25H31N3O3. The predicted octanol–water partition coefficient (Wildman–Crippen LogP) is 4.68. The van der Waals surface area contributed by atoms with Crippen molar-refractivity contribution in [3.05, 3.63) is 72.2 Å². The lowest BCUT2D eigenvalue weighted by molar-refractivity contribution is -0.0551. The zero-order chi connectivity index (χ0) is 21.9. The molecule has 1 fully saturated rings. The molecule has 6 nitrogen and oxygen atoms in total. The predicted molar refractivity (Wildman–Crippen MR) is 120 cm³/mol. The number of rotatable bonds is 3. The molecule has 0 atom stereocenters. The summed E-state index contributed by atoms with van der Waals surface area (Å²) in [6.07, 6.45) is 5.11. The van der Waals surface area contributed by atoms with Gasteiger partial charge in [0, 0.05) is 44.9 Å². The van der Waals surface area contributed by atoms with Crippen LogP contribution < -0.4 is 0 Å². The van der Waals surface area contributed by atoms with Gasteiger partial charge in [0.25, 0.3) is 0 Å². The van der Waals surface area contributed by atoms with E-state index in [1.165, 1.54) is 5.56 Å². The number of benzene rings is 1. The van der Waals surface area contributed by atoms with Crippen molar-refractivity contribution in [2.75, 3.05) is 19.6 Å². The van der Waals surface area contributed by atoms with Crippen molar-refractivity contribution < 1.29 is 14.3 Å². The van der Waals surface area contributed by atoms with E-state index in [9.17, 15) is 4.79 Å². The van der Waals surface area contributed by atoms with Gasteiger partial charge in [-0.15, -0.1) is 0 Å². The van der Waals surface area contributed by atoms with Crippen molar-refractivity contribution in [3.8, 4) is 0 Å². The molecule has 2 aliphatic rings. The maximum atomic E-state index is 12.5. The average molecular weight is 422 g/mol. The SMILES string of the molecule is CC(C)(C)OC(=O)N1CCC2(CC1)CN(Cc1ccccc1)C=C(c1ccccn1)O2. The highest BCUT2D eigenvalue weighted by molar-refractivity contribution is 5.68. The standard InChI is InChI=1S/C25H31N3O3/c1-24(2,3)31-23(29)28-15-12-25(13-16-28)19-27(17-20-9-5-4-6-10-20)18-22(30-25)21-11-7-8-14-26-21/h4-11,14,18H,12-13,15-17,19H2,1-3H3. The number of carbonyl (C=O) groups is 1. The van der Waals surface area contributed by atoms with Crippen molar-refractivity contribution in [1.82, 2.24) is 14.8 Å². The third kappa shape index (κ3) is 5.37. The summed E-state index contributed by atoms with van der Waals surface area (Å²) < 4.78 is 12.1. The summed E-state index contributed by atoms with van der Waals surface area (Å²) in [4.78, 5) is 21.1. The average Bonchev–Trinajstić information content (AvgIpc) is 2.74. The molecule has 2 aromatic rings. The second kappa shape index (κ2) is 8.61. The second-order valence-electron chi connectivity index (χ2n) is 9.35. The zero-order valence-corrected chi connectivity index (χ0v) is 18.6. The largest absolute Gasteiger partial charge is 0.481 e. The fraction of sp³-hybridized carbons (Fsp3) is 0.440. The number of hydrogen-bond acceptors (Lipinski definition) is 5. The van der Waals surface area contributed by atoms with E-state index in [1.807, 2.05) is 45.0 Å². The number of nitrogens with zero attached hydrogens (tertiary/aromatic N) is 3. The van der Waals surface area contributed by atoms with Crippen molar-refractivity contribution in [2.45, 2.75) is 51.4 Å². The minimum Gasteiger partial charge on any atom is -0.481 e. The van der Waals surface area contributed by atoms with Crippen molar-refractivity contribution in [2.24, 2.45) is 0 Å². The molecule has 31 heavy (non-hydrogen) atoms. The Kier molecular flexibility index (Phi) is 5.90. The van der Waals surface area contributed by atoms with Gasteiger partial charge in [-0.1, -0.05) is 36.4 Å². The number of ether oxygens (including phenoxy) is 2. The van der Waals surface area contributed by atoms with Crippen LogP contribution in [-0.4, -0.2) is 51.7 Å². The Bertz CT molecular complexity index is 914. The van der Waals surface area contributed by atoms with Crippen LogP contribution in [0.15, 0.2) is 60.9 Å². The Morgan fingerprint density at radius 3 is 2.45 bits per heavy atom. The van der Waals surface area contributed by atoms with Gasteiger partial charge in [-0.25, -0.2) is 4.79 Å². The molecule has 3 heterocycles. The van der Waals surface area contributed by atoms with Gasteiger partial charge in [0.1, 0.15) is 16.9 Å². The molecule has 1 spiro atoms. The molecule has 1 amide bonds. The van der Waals surface area contributed by atoms with E-state index in [0.717, 1.165) is 37.4 Å². The molecule has 0 unspecified atom stereocenters. The molecule has 0 bridgehead atoms. The molecule has 1 saturated heterocycles. The number of aromatic nitrogens is 1. The van der Waals surface area contributed by atoms with Crippen molar-refractivity contribution in [3.63, 3.8) is 0 Å². The quantitative estimate of drug-likeness (QED) is 0.720. The minimum atomic E-state index is -0.491. The van der Waals surface area contributed by atoms with Gasteiger partial charge in [-0.2, -0.15) is 0 Å². The molecule has 1 aromatic carbocycles. The first-order valence-corrected chi connectivity index (χ1v) is 10.9. The first kappa shape index (κ1) is 21.2. The van der Waals surface area contributed by atoms with Gasteiger partial charge >= 0.3 is 6.09 Å². The first-order chi connectivity index (χ1) is 14.8. The van der Waals surface area contributed by atoms with E-state index < -0.39 is 5.60 Å². The van der Waals surface area contributed by atoms with E-state index in [2.05, 4.69) is 40.3 Å². The van der Waals surface area contributed by atoms with Crippen LogP contribution in [0.25, 0.3) is 5.76 Å². The van der Waals surface area contributed by atoms with Gasteiger partial charge < -0.3 is 19.3 Å². The summed E-state index contributed by atoms with van der Waals surface area (Å²) in [7, 11) is 0. The smallest absolute Gasteiger partial charge is 0.410 e. The monoisotopic (exact) mass is 421 g/mol. The van der Waals surface area contributed by atoms with Crippen LogP contribution >= 0.6 is 0 Å². The number of pyridine rings is 1. The van der Waals surface area contributed by atoms with E-state index >= 15 is 0 Å². The number of amides is 1. The highest BCUT2D eigenvalue weighted by Crippen LogP contribution is 2.37. The fourth-order valence-electron chi connectivity index (χ4n) is 4.10. The van der Waals surface area contributed by atoms with Gasteiger partial charge in [0.15, 0.2) is 5.76 Å². The molecule has 0 saturated carbocycles. The molecule has 1 aromatic heterocycles. The third-order valence-corrected chi connectivity index (χ3v) is 5.59. The Hall–Kier alpha value is -3.02. The highest BCUT2D eigenvalue weighted by atomic mass is 16.6. The Balaban J connectivity index is 1.52. The topological polar surface area (TPSA) is 54.9 Å². The molecule has 0 aliphatic carbocycles. The zero-order valence-electron chi connectivity index (χ0n) is 18.6. The molecule has 4 rings (SSSR count). The first-order valence-electron chi connectivity index (χ1n) is 10.9. The van der Waals surface area contributed by atoms with Crippen LogP contribution in [0.3, 0.4) is 0 Å². The van der Waals surface area contributed by atoms with Gasteiger partial charge in [-0.05, 0) is 38.5 Å². The van der Waals surface area contributed by atoms with E-state index in [4.69, 9.17) is 9.47 Å². The summed E-state index contributed by atoms with van der Waals surface area (Å²) in [6.45, 7) is 8.50. The van der Waals surface area contributed by atoms with Crippen LogP contribution in [-0.2, 0) is 16.0 Å². The Morgan fingerprint density at radius 1 is 1.10 bits per heavy atom. The Labute approximate surface area is 184 Å². The van der Waals surface area contributed by atoms with E-state index in [1.54, 1.807) is 11.1 Å². The van der Waals surface area contributed by atoms with Gasteiger partial charge in [0.2, 0.25) is 0 Å². The lowest BCUT2D eigenvalue weighted by Crippen LogP contribution is -2.54. The number of hydrogen-bond donors (Lipinski definition) is 0. The summed E-state index contributed by atoms with van der Waals surface area (Å²) in [5, 5.41) is 0. The summed E-state index contributed by atoms with van der Waals surface area (Å²) in [6, 6.07) is 16.3. The maximum absolute atomic E-state index is 12.5. The number of likely N-dealkylation sites (tertiary alicyclic amines) is 1. The normalized spacial score (nSPS) is 18.4. The van der Waals surface area contributed by atoms with Gasteiger partial charge in [-0.3, -0.25) is 4.98 Å². The van der Waals surface area contributed by atoms with Crippen LogP contribution in [0.2, 0.25) is 0 Å². The number of piperidine rings is 1. The van der Waals surface area contributed by atoms with Gasteiger partial charge in [0.05, 0.1) is 6.54 Å². The molecule has 0 radical (unpaired) electrons. The second-order valence-corrected chi connectivity index (χ2v) is 9.35. The van der Waals surface area contributed by atoms with Crippen LogP contribution in [0.4, 0.5) is 4.79 Å². The third-order valence-electron chi connectivity index (χ3n) is 5.59. The van der Waals surface area contributed by atoms with Crippen molar-refractivity contribution in [1.29, 1.82) is 0 Å². The summed E-state index contributed by atoms with van der Waals surface area (Å²) in [5.74, 6) is 0.786.